The summed E-state index contributed by atoms with van der Waals surface area (Å²) in [6.45, 7) is 13.1. The van der Waals surface area contributed by atoms with Gasteiger partial charge >= 0.3 is 0 Å². The monoisotopic (exact) mass is 268 g/mol. The number of carbonyl (C=O) groups excluding carboxylic acids is 1. The van der Waals surface area contributed by atoms with E-state index in [-0.39, 0.29) is 11.6 Å². The van der Waals surface area contributed by atoms with Gasteiger partial charge in [-0.2, -0.15) is 0 Å². The highest BCUT2D eigenvalue weighted by Gasteiger charge is 2.36. The van der Waals surface area contributed by atoms with Crippen LogP contribution in [0.25, 0.3) is 0 Å². The minimum absolute atomic E-state index is 0.00562. The third-order valence-corrected chi connectivity index (χ3v) is 4.68. The molecule has 2 aliphatic heterocycles. The number of nitrogens with one attached hydrogen (secondary N) is 1. The van der Waals surface area contributed by atoms with Gasteiger partial charge in [0.25, 0.3) is 0 Å². The summed E-state index contributed by atoms with van der Waals surface area (Å²) in [7, 11) is 2.17. The van der Waals surface area contributed by atoms with Crippen molar-refractivity contribution in [3.63, 3.8) is 0 Å². The van der Waals surface area contributed by atoms with Gasteiger partial charge in [-0.1, -0.05) is 0 Å². The number of carbonyl (C=O) groups is 1. The van der Waals surface area contributed by atoms with Crippen molar-refractivity contribution in [3.8, 4) is 0 Å². The number of amides is 1. The number of rotatable bonds is 2. The van der Waals surface area contributed by atoms with Crippen LogP contribution in [0, 0.1) is 0 Å². The summed E-state index contributed by atoms with van der Waals surface area (Å²) in [4.78, 5) is 19.3. The van der Waals surface area contributed by atoms with E-state index in [0.717, 1.165) is 45.8 Å². The highest BCUT2D eigenvalue weighted by molar-refractivity contribution is 5.81. The van der Waals surface area contributed by atoms with Crippen LogP contribution in [0.15, 0.2) is 0 Å². The third kappa shape index (κ3) is 3.27. The van der Waals surface area contributed by atoms with Crippen LogP contribution in [0.1, 0.15) is 20.8 Å². The number of nitrogens with zero attached hydrogens (tertiary/aromatic N) is 3. The zero-order valence-electron chi connectivity index (χ0n) is 12.8. The van der Waals surface area contributed by atoms with Crippen LogP contribution in [-0.4, -0.2) is 85.0 Å². The average molecular weight is 268 g/mol. The van der Waals surface area contributed by atoms with E-state index in [1.807, 2.05) is 4.90 Å². The van der Waals surface area contributed by atoms with Crippen molar-refractivity contribution in [2.75, 3.05) is 52.9 Å². The van der Waals surface area contributed by atoms with Gasteiger partial charge in [-0.05, 0) is 27.8 Å². The Kier molecular flexibility index (Phi) is 4.48. The van der Waals surface area contributed by atoms with Crippen LogP contribution in [0.3, 0.4) is 0 Å². The zero-order chi connectivity index (χ0) is 14.0. The van der Waals surface area contributed by atoms with Crippen LogP contribution >= 0.6 is 0 Å². The largest absolute Gasteiger partial charge is 0.339 e. The predicted octanol–water partition coefficient (Wildman–Crippen LogP) is -0.167. The molecular weight excluding hydrogens is 240 g/mol. The number of hydrogen-bond acceptors (Lipinski definition) is 4. The molecule has 1 N–H and O–H groups in total. The van der Waals surface area contributed by atoms with E-state index in [2.05, 4.69) is 42.9 Å². The van der Waals surface area contributed by atoms with Crippen molar-refractivity contribution >= 4 is 5.91 Å². The van der Waals surface area contributed by atoms with Crippen molar-refractivity contribution in [2.45, 2.75) is 32.4 Å². The molecule has 0 radical (unpaired) electrons. The molecule has 1 amide bonds. The molecule has 0 saturated carbocycles. The molecule has 5 nitrogen and oxygen atoms in total. The molecule has 0 aromatic carbocycles. The molecule has 2 saturated heterocycles. The van der Waals surface area contributed by atoms with E-state index >= 15 is 0 Å². The molecule has 2 rings (SSSR count). The van der Waals surface area contributed by atoms with Gasteiger partial charge in [-0.3, -0.25) is 14.6 Å². The average Bonchev–Trinajstić information content (AvgIpc) is 2.41. The molecule has 2 aliphatic rings. The van der Waals surface area contributed by atoms with Gasteiger partial charge < -0.3 is 10.2 Å². The maximum atomic E-state index is 12.5. The summed E-state index contributed by atoms with van der Waals surface area (Å²) in [6.07, 6.45) is 0. The van der Waals surface area contributed by atoms with E-state index in [9.17, 15) is 4.79 Å². The first-order valence-corrected chi connectivity index (χ1v) is 7.36. The minimum atomic E-state index is 0.00562. The Morgan fingerprint density at radius 2 is 1.79 bits per heavy atom. The number of likely N-dealkylation sites (N-methyl/N-ethyl adjacent to an activating group) is 1. The topological polar surface area (TPSA) is 38.8 Å². The van der Waals surface area contributed by atoms with Crippen LogP contribution in [0.4, 0.5) is 0 Å². The zero-order valence-corrected chi connectivity index (χ0v) is 12.8. The fraction of sp³-hybridized carbons (Fsp3) is 0.929. The van der Waals surface area contributed by atoms with E-state index < -0.39 is 0 Å². The van der Waals surface area contributed by atoms with E-state index in [1.54, 1.807) is 0 Å². The molecule has 0 bridgehead atoms. The Morgan fingerprint density at radius 3 is 2.37 bits per heavy atom. The second-order valence-electron chi connectivity index (χ2n) is 6.46. The lowest BCUT2D eigenvalue weighted by Crippen LogP contribution is -2.62. The van der Waals surface area contributed by atoms with Gasteiger partial charge in [0.15, 0.2) is 0 Å². The van der Waals surface area contributed by atoms with Crippen molar-refractivity contribution < 1.29 is 4.79 Å². The number of piperazine rings is 2. The first-order valence-electron chi connectivity index (χ1n) is 7.36. The summed E-state index contributed by atoms with van der Waals surface area (Å²) in [5.41, 5.74) is 0.149. The smallest absolute Gasteiger partial charge is 0.239 e. The molecule has 1 unspecified atom stereocenters. The van der Waals surface area contributed by atoms with E-state index in [1.165, 1.54) is 0 Å². The molecule has 19 heavy (non-hydrogen) atoms. The summed E-state index contributed by atoms with van der Waals surface area (Å²) in [5, 5.41) is 3.29. The highest BCUT2D eigenvalue weighted by Crippen LogP contribution is 2.21. The van der Waals surface area contributed by atoms with Crippen LogP contribution < -0.4 is 5.32 Å². The van der Waals surface area contributed by atoms with Gasteiger partial charge in [0.2, 0.25) is 5.91 Å². The van der Waals surface area contributed by atoms with E-state index in [0.29, 0.717) is 5.91 Å². The quantitative estimate of drug-likeness (QED) is 0.755. The molecular formula is C14H28N4O. The predicted molar refractivity (Wildman–Crippen MR) is 77.2 cm³/mol. The first-order chi connectivity index (χ1) is 8.92. The summed E-state index contributed by atoms with van der Waals surface area (Å²) in [5.74, 6) is 0.293. The molecule has 2 fully saturated rings. The molecule has 0 aromatic heterocycles. The summed E-state index contributed by atoms with van der Waals surface area (Å²) in [6, 6.07) is 0.00562. The van der Waals surface area contributed by atoms with Crippen LogP contribution in [0.5, 0.6) is 0 Å². The molecule has 2 heterocycles. The van der Waals surface area contributed by atoms with Crippen molar-refractivity contribution in [1.29, 1.82) is 0 Å². The molecule has 0 aromatic rings. The second-order valence-corrected chi connectivity index (χ2v) is 6.46. The normalized spacial score (nSPS) is 27.3. The summed E-state index contributed by atoms with van der Waals surface area (Å²) < 4.78 is 0. The maximum Gasteiger partial charge on any atom is 0.239 e. The lowest BCUT2D eigenvalue weighted by molar-refractivity contribution is -0.138. The maximum absolute atomic E-state index is 12.5. The Hall–Kier alpha value is -0.650. The first kappa shape index (κ1) is 14.8. The Bertz CT molecular complexity index is 325. The van der Waals surface area contributed by atoms with Crippen LogP contribution in [-0.2, 0) is 4.79 Å². The standard InChI is InChI=1S/C14H28N4O/c1-12(13(19)17-7-5-15-6-8-17)18-10-9-16(4)14(2,3)11-18/h12,15H,5-11H2,1-4H3. The molecule has 0 aliphatic carbocycles. The fourth-order valence-electron chi connectivity index (χ4n) is 2.91. The third-order valence-electron chi connectivity index (χ3n) is 4.68. The van der Waals surface area contributed by atoms with Crippen molar-refractivity contribution in [1.82, 2.24) is 20.0 Å². The molecule has 0 spiro atoms. The van der Waals surface area contributed by atoms with Gasteiger partial charge in [-0.25, -0.2) is 0 Å². The molecule has 1 atom stereocenters. The van der Waals surface area contributed by atoms with Crippen molar-refractivity contribution in [3.05, 3.63) is 0 Å². The lowest BCUT2D eigenvalue weighted by Gasteiger charge is -2.47. The van der Waals surface area contributed by atoms with Gasteiger partial charge in [0.1, 0.15) is 0 Å². The lowest BCUT2D eigenvalue weighted by atomic mass is 9.98. The Balaban J connectivity index is 1.95. The van der Waals surface area contributed by atoms with Crippen LogP contribution in [0.2, 0.25) is 0 Å². The highest BCUT2D eigenvalue weighted by atomic mass is 16.2. The fourth-order valence-corrected chi connectivity index (χ4v) is 2.91. The Labute approximate surface area is 116 Å². The van der Waals surface area contributed by atoms with E-state index in [4.69, 9.17) is 0 Å². The van der Waals surface area contributed by atoms with Gasteiger partial charge in [0, 0.05) is 51.4 Å². The Morgan fingerprint density at radius 1 is 1.16 bits per heavy atom. The van der Waals surface area contributed by atoms with Crippen molar-refractivity contribution in [2.24, 2.45) is 0 Å². The summed E-state index contributed by atoms with van der Waals surface area (Å²) >= 11 is 0. The SMILES string of the molecule is CC(C(=O)N1CCNCC1)N1CCN(C)C(C)(C)C1. The van der Waals surface area contributed by atoms with Gasteiger partial charge in [-0.15, -0.1) is 0 Å². The molecule has 110 valence electrons. The molecule has 5 heteroatoms. The van der Waals surface area contributed by atoms with Gasteiger partial charge in [0.05, 0.1) is 6.04 Å². The second kappa shape index (κ2) is 5.77. The number of hydrogen-bond donors (Lipinski definition) is 1. The minimum Gasteiger partial charge on any atom is -0.339 e.